The first kappa shape index (κ1) is 26.4. The van der Waals surface area contributed by atoms with Crippen molar-refractivity contribution in [3.05, 3.63) is 0 Å². The number of unbranched alkanes of at least 4 members (excludes halogenated alkanes) is 9. The molecule has 0 N–H and O–H groups in total. The highest BCUT2D eigenvalue weighted by atomic mass is 32.2. The van der Waals surface area contributed by atoms with Crippen molar-refractivity contribution in [3.8, 4) is 0 Å². The molecule has 0 saturated carbocycles. The Hall–Kier alpha value is 0.447. The van der Waals surface area contributed by atoms with Crippen molar-refractivity contribution in [2.45, 2.75) is 104 Å². The Morgan fingerprint density at radius 1 is 0.538 bits per heavy atom. The second-order valence-corrected chi connectivity index (χ2v) is 10.8. The van der Waals surface area contributed by atoms with E-state index >= 15 is 0 Å². The van der Waals surface area contributed by atoms with Gasteiger partial charge in [0, 0.05) is 25.9 Å². The molecule has 0 amide bonds. The lowest BCUT2D eigenvalue weighted by Crippen LogP contribution is -2.46. The first-order valence-electron chi connectivity index (χ1n) is 11.2. The van der Waals surface area contributed by atoms with Crippen molar-refractivity contribution in [3.63, 3.8) is 0 Å². The molecule has 0 heterocycles. The van der Waals surface area contributed by atoms with Gasteiger partial charge in [-0.15, -0.1) is 0 Å². The molecule has 0 saturated heterocycles. The summed E-state index contributed by atoms with van der Waals surface area (Å²) in [6, 6.07) is 0.952. The van der Waals surface area contributed by atoms with Crippen LogP contribution < -0.4 is 0 Å². The minimum atomic E-state index is -2.41. The van der Waals surface area contributed by atoms with Crippen LogP contribution in [0.4, 0.5) is 0 Å². The lowest BCUT2D eigenvalue weighted by Gasteiger charge is -2.28. The largest absolute Gasteiger partial charge is 0.500 e. The maximum Gasteiger partial charge on any atom is 0.500 e. The summed E-state index contributed by atoms with van der Waals surface area (Å²) in [5.41, 5.74) is 0. The van der Waals surface area contributed by atoms with Crippen LogP contribution in [0.2, 0.25) is 6.04 Å². The first-order chi connectivity index (χ1) is 12.7. The van der Waals surface area contributed by atoms with Gasteiger partial charge in [0.1, 0.15) is 0 Å². The Labute approximate surface area is 169 Å². The molecule has 0 aliphatic carbocycles. The first-order valence-corrected chi connectivity index (χ1v) is 14.3. The van der Waals surface area contributed by atoms with Crippen LogP contribution in [0, 0.1) is 0 Å². The van der Waals surface area contributed by atoms with E-state index in [0.29, 0.717) is 19.8 Å². The third kappa shape index (κ3) is 15.5. The quantitative estimate of drug-likeness (QED) is 0.150. The molecule has 158 valence electrons. The summed E-state index contributed by atoms with van der Waals surface area (Å²) in [5.74, 6) is 2.49. The maximum absolute atomic E-state index is 5.91. The SMILES string of the molecule is CCCCCCCCCCCCSCCC[Si](OCC)(OCC)OCC. The van der Waals surface area contributed by atoms with Crippen molar-refractivity contribution in [1.82, 2.24) is 0 Å². The summed E-state index contributed by atoms with van der Waals surface area (Å²) in [7, 11) is -2.41. The molecular weight excluding hydrogens is 360 g/mol. The lowest BCUT2D eigenvalue weighted by atomic mass is 10.1. The van der Waals surface area contributed by atoms with E-state index in [1.165, 1.54) is 75.7 Å². The topological polar surface area (TPSA) is 27.7 Å². The summed E-state index contributed by atoms with van der Waals surface area (Å²) in [6.07, 6.45) is 15.3. The van der Waals surface area contributed by atoms with Crippen LogP contribution in [0.3, 0.4) is 0 Å². The zero-order valence-electron chi connectivity index (χ0n) is 18.2. The van der Waals surface area contributed by atoms with E-state index in [4.69, 9.17) is 13.3 Å². The zero-order chi connectivity index (χ0) is 19.3. The molecule has 0 atom stereocenters. The highest BCUT2D eigenvalue weighted by Gasteiger charge is 2.39. The molecule has 5 heteroatoms. The monoisotopic (exact) mass is 406 g/mol. The fraction of sp³-hybridized carbons (Fsp3) is 1.00. The molecule has 0 aromatic carbocycles. The molecule has 0 aromatic rings. The van der Waals surface area contributed by atoms with Crippen molar-refractivity contribution in [2.75, 3.05) is 31.3 Å². The van der Waals surface area contributed by atoms with Crippen LogP contribution in [-0.2, 0) is 13.3 Å². The van der Waals surface area contributed by atoms with Gasteiger partial charge in [0.05, 0.1) is 0 Å². The van der Waals surface area contributed by atoms with Gasteiger partial charge in [-0.3, -0.25) is 0 Å². The van der Waals surface area contributed by atoms with Crippen LogP contribution >= 0.6 is 11.8 Å². The van der Waals surface area contributed by atoms with E-state index in [1.807, 2.05) is 20.8 Å². The van der Waals surface area contributed by atoms with E-state index in [-0.39, 0.29) is 0 Å². The minimum Gasteiger partial charge on any atom is -0.374 e. The summed E-state index contributed by atoms with van der Waals surface area (Å²) >= 11 is 2.08. The maximum atomic E-state index is 5.91. The summed E-state index contributed by atoms with van der Waals surface area (Å²) in [5, 5.41) is 0. The summed E-state index contributed by atoms with van der Waals surface area (Å²) in [6.45, 7) is 10.4. The Balaban J connectivity index is 3.52. The van der Waals surface area contributed by atoms with Crippen LogP contribution in [0.5, 0.6) is 0 Å². The van der Waals surface area contributed by atoms with Crippen LogP contribution in [-0.4, -0.2) is 40.1 Å². The molecule has 0 spiro atoms. The average Bonchev–Trinajstić information content (AvgIpc) is 2.63. The lowest BCUT2D eigenvalue weighted by molar-refractivity contribution is 0.0712. The third-order valence-corrected chi connectivity index (χ3v) is 8.81. The predicted octanol–water partition coefficient (Wildman–Crippen LogP) is 7.08. The molecule has 0 aliphatic rings. The standard InChI is InChI=1S/C21H46O3SSi/c1-5-9-10-11-12-13-14-15-16-17-19-25-20-18-21-26(22-6-2,23-7-3)24-8-4/h5-21H2,1-4H3. The van der Waals surface area contributed by atoms with Crippen molar-refractivity contribution < 1.29 is 13.3 Å². The number of thioether (sulfide) groups is 1. The highest BCUT2D eigenvalue weighted by molar-refractivity contribution is 7.99. The van der Waals surface area contributed by atoms with E-state index in [2.05, 4.69) is 18.7 Å². The summed E-state index contributed by atoms with van der Waals surface area (Å²) < 4.78 is 17.7. The smallest absolute Gasteiger partial charge is 0.374 e. The van der Waals surface area contributed by atoms with Gasteiger partial charge in [-0.1, -0.05) is 64.7 Å². The number of hydrogen-bond acceptors (Lipinski definition) is 4. The van der Waals surface area contributed by atoms with Gasteiger partial charge < -0.3 is 13.3 Å². The Kier molecular flexibility index (Phi) is 20.5. The Morgan fingerprint density at radius 3 is 1.42 bits per heavy atom. The van der Waals surface area contributed by atoms with Gasteiger partial charge in [0.25, 0.3) is 0 Å². The second-order valence-electron chi connectivity index (χ2n) is 6.88. The van der Waals surface area contributed by atoms with Crippen molar-refractivity contribution in [2.24, 2.45) is 0 Å². The second kappa shape index (κ2) is 20.2. The normalized spacial score (nSPS) is 12.0. The van der Waals surface area contributed by atoms with Gasteiger partial charge in [-0.05, 0) is 45.1 Å². The minimum absolute atomic E-state index is 0.679. The molecule has 0 rings (SSSR count). The van der Waals surface area contributed by atoms with E-state index in [0.717, 1.165) is 12.5 Å². The third-order valence-electron chi connectivity index (χ3n) is 4.51. The van der Waals surface area contributed by atoms with Crippen LogP contribution in [0.1, 0.15) is 98.3 Å². The van der Waals surface area contributed by atoms with Gasteiger partial charge in [0.2, 0.25) is 0 Å². The molecule has 0 aromatic heterocycles. The van der Waals surface area contributed by atoms with Crippen molar-refractivity contribution >= 4 is 20.6 Å². The van der Waals surface area contributed by atoms with Gasteiger partial charge in [0.15, 0.2) is 0 Å². The van der Waals surface area contributed by atoms with Crippen molar-refractivity contribution in [1.29, 1.82) is 0 Å². The number of hydrogen-bond donors (Lipinski definition) is 0. The van der Waals surface area contributed by atoms with Gasteiger partial charge in [-0.25, -0.2) is 0 Å². The molecule has 26 heavy (non-hydrogen) atoms. The van der Waals surface area contributed by atoms with Crippen LogP contribution in [0.25, 0.3) is 0 Å². The highest BCUT2D eigenvalue weighted by Crippen LogP contribution is 2.20. The fourth-order valence-electron chi connectivity index (χ4n) is 3.19. The number of rotatable bonds is 21. The molecule has 3 nitrogen and oxygen atoms in total. The Morgan fingerprint density at radius 2 is 0.962 bits per heavy atom. The zero-order valence-corrected chi connectivity index (χ0v) is 20.0. The Bertz CT molecular complexity index is 263. The van der Waals surface area contributed by atoms with E-state index in [9.17, 15) is 0 Å². The predicted molar refractivity (Wildman–Crippen MR) is 119 cm³/mol. The fourth-order valence-corrected chi connectivity index (χ4v) is 7.01. The van der Waals surface area contributed by atoms with E-state index < -0.39 is 8.80 Å². The van der Waals surface area contributed by atoms with Gasteiger partial charge in [-0.2, -0.15) is 11.8 Å². The molecule has 0 unspecified atom stereocenters. The molecule has 0 fully saturated rings. The van der Waals surface area contributed by atoms with E-state index in [1.54, 1.807) is 0 Å². The van der Waals surface area contributed by atoms with Gasteiger partial charge >= 0.3 is 8.80 Å². The molecular formula is C21H46O3SSi. The molecule has 0 radical (unpaired) electrons. The molecule has 0 aliphatic heterocycles. The van der Waals surface area contributed by atoms with Crippen LogP contribution in [0.15, 0.2) is 0 Å². The summed E-state index contributed by atoms with van der Waals surface area (Å²) in [4.78, 5) is 0. The molecule has 0 bridgehead atoms. The average molecular weight is 407 g/mol.